The first kappa shape index (κ1) is 11.3. The molecule has 3 rings (SSSR count). The molecule has 0 radical (unpaired) electrons. The first-order valence-corrected chi connectivity index (χ1v) is 6.78. The summed E-state index contributed by atoms with van der Waals surface area (Å²) in [5.74, 6) is 1.01. The fourth-order valence-electron chi connectivity index (χ4n) is 2.56. The van der Waals surface area contributed by atoms with Gasteiger partial charge in [0.2, 0.25) is 5.91 Å². The van der Waals surface area contributed by atoms with Crippen molar-refractivity contribution in [3.05, 3.63) is 22.6 Å². The molecule has 4 nitrogen and oxygen atoms in total. The molecule has 2 heterocycles. The number of nitrogens with zero attached hydrogens (tertiary/aromatic N) is 1. The average Bonchev–Trinajstić information content (AvgIpc) is 3.04. The number of furan rings is 1. The Labute approximate surface area is 108 Å². The second-order valence-corrected chi connectivity index (χ2v) is 5.60. The molecule has 2 fully saturated rings. The molecule has 1 saturated heterocycles. The van der Waals surface area contributed by atoms with Gasteiger partial charge in [-0.25, -0.2) is 0 Å². The van der Waals surface area contributed by atoms with Crippen LogP contribution in [0.15, 0.2) is 21.2 Å². The van der Waals surface area contributed by atoms with Crippen LogP contribution in [0.5, 0.6) is 0 Å². The van der Waals surface area contributed by atoms with Crippen molar-refractivity contribution in [2.24, 2.45) is 5.73 Å². The van der Waals surface area contributed by atoms with Crippen LogP contribution < -0.4 is 5.73 Å². The Bertz CT molecular complexity index is 441. The van der Waals surface area contributed by atoms with E-state index in [-0.39, 0.29) is 18.0 Å². The Hall–Kier alpha value is -0.810. The van der Waals surface area contributed by atoms with E-state index in [2.05, 4.69) is 15.9 Å². The topological polar surface area (TPSA) is 59.5 Å². The van der Waals surface area contributed by atoms with Crippen molar-refractivity contribution in [2.45, 2.75) is 43.8 Å². The molecule has 1 aromatic heterocycles. The first-order valence-electron chi connectivity index (χ1n) is 5.99. The quantitative estimate of drug-likeness (QED) is 0.910. The normalized spacial score (nSPS) is 29.8. The van der Waals surface area contributed by atoms with Crippen LogP contribution in [0.3, 0.4) is 0 Å². The molecule has 1 aliphatic heterocycles. The van der Waals surface area contributed by atoms with Gasteiger partial charge in [-0.05, 0) is 47.3 Å². The Balaban J connectivity index is 1.94. The highest BCUT2D eigenvalue weighted by atomic mass is 79.9. The SMILES string of the molecule is NC1CCC(=O)N(C2CC2)C1c1ccc(Br)o1. The summed E-state index contributed by atoms with van der Waals surface area (Å²) < 4.78 is 6.28. The van der Waals surface area contributed by atoms with E-state index < -0.39 is 0 Å². The lowest BCUT2D eigenvalue weighted by Gasteiger charge is -2.38. The third kappa shape index (κ3) is 2.02. The number of halogens is 1. The summed E-state index contributed by atoms with van der Waals surface area (Å²) >= 11 is 3.30. The Morgan fingerprint density at radius 3 is 2.71 bits per heavy atom. The predicted octanol–water partition coefficient (Wildman–Crippen LogP) is 2.20. The van der Waals surface area contributed by atoms with E-state index in [9.17, 15) is 4.79 Å². The molecule has 1 aromatic rings. The van der Waals surface area contributed by atoms with E-state index in [0.717, 1.165) is 25.0 Å². The van der Waals surface area contributed by atoms with Crippen LogP contribution in [0.2, 0.25) is 0 Å². The summed E-state index contributed by atoms with van der Waals surface area (Å²) in [5, 5.41) is 0. The molecule has 2 unspecified atom stereocenters. The van der Waals surface area contributed by atoms with Crippen LogP contribution in [-0.2, 0) is 4.79 Å². The van der Waals surface area contributed by atoms with Gasteiger partial charge in [-0.2, -0.15) is 0 Å². The Morgan fingerprint density at radius 1 is 1.35 bits per heavy atom. The maximum atomic E-state index is 12.0. The minimum absolute atomic E-state index is 0.0219. The van der Waals surface area contributed by atoms with Crippen molar-refractivity contribution in [3.8, 4) is 0 Å². The van der Waals surface area contributed by atoms with Gasteiger partial charge in [-0.3, -0.25) is 4.79 Å². The molecule has 0 spiro atoms. The molecule has 2 N–H and O–H groups in total. The third-order valence-corrected chi connectivity index (χ3v) is 3.94. The van der Waals surface area contributed by atoms with E-state index in [1.807, 2.05) is 17.0 Å². The number of nitrogens with two attached hydrogens (primary N) is 1. The molecule has 0 bridgehead atoms. The number of hydrogen-bond donors (Lipinski definition) is 1. The molecule has 0 aromatic carbocycles. The maximum Gasteiger partial charge on any atom is 0.223 e. The molecule has 5 heteroatoms. The van der Waals surface area contributed by atoms with Crippen molar-refractivity contribution >= 4 is 21.8 Å². The lowest BCUT2D eigenvalue weighted by molar-refractivity contribution is -0.138. The summed E-state index contributed by atoms with van der Waals surface area (Å²) in [6, 6.07) is 4.03. The van der Waals surface area contributed by atoms with E-state index >= 15 is 0 Å². The number of amides is 1. The van der Waals surface area contributed by atoms with Crippen LogP contribution in [-0.4, -0.2) is 22.9 Å². The van der Waals surface area contributed by atoms with Crippen molar-refractivity contribution < 1.29 is 9.21 Å². The van der Waals surface area contributed by atoms with Crippen LogP contribution in [0, 0.1) is 0 Å². The first-order chi connectivity index (χ1) is 8.16. The predicted molar refractivity (Wildman–Crippen MR) is 66.2 cm³/mol. The summed E-state index contributed by atoms with van der Waals surface area (Å²) in [5.41, 5.74) is 6.17. The van der Waals surface area contributed by atoms with Gasteiger partial charge in [0.1, 0.15) is 11.8 Å². The number of piperidine rings is 1. The molecular formula is C12H15BrN2O2. The fraction of sp³-hybridized carbons (Fsp3) is 0.583. The van der Waals surface area contributed by atoms with Crippen molar-refractivity contribution in [1.29, 1.82) is 0 Å². The average molecular weight is 299 g/mol. The molecule has 92 valence electrons. The van der Waals surface area contributed by atoms with Crippen molar-refractivity contribution in [2.75, 3.05) is 0 Å². The zero-order valence-corrected chi connectivity index (χ0v) is 11.0. The van der Waals surface area contributed by atoms with Crippen LogP contribution in [0.4, 0.5) is 0 Å². The lowest BCUT2D eigenvalue weighted by Crippen LogP contribution is -2.49. The zero-order valence-electron chi connectivity index (χ0n) is 9.43. The van der Waals surface area contributed by atoms with Crippen molar-refractivity contribution in [3.63, 3.8) is 0 Å². The number of hydrogen-bond acceptors (Lipinski definition) is 3. The van der Waals surface area contributed by atoms with Gasteiger partial charge in [0.05, 0.1) is 0 Å². The van der Waals surface area contributed by atoms with E-state index in [0.29, 0.717) is 17.1 Å². The highest BCUT2D eigenvalue weighted by Crippen LogP contribution is 2.40. The summed E-state index contributed by atoms with van der Waals surface area (Å²) in [7, 11) is 0. The van der Waals surface area contributed by atoms with Gasteiger partial charge in [-0.1, -0.05) is 0 Å². The standard InChI is InChI=1S/C12H15BrN2O2/c13-10-5-4-9(17-10)12-8(14)3-6-11(16)15(12)7-1-2-7/h4-5,7-8,12H,1-3,6,14H2. The molecule has 1 saturated carbocycles. The Kier molecular flexibility index (Phi) is 2.75. The monoisotopic (exact) mass is 298 g/mol. The van der Waals surface area contributed by atoms with Crippen LogP contribution >= 0.6 is 15.9 Å². The largest absolute Gasteiger partial charge is 0.452 e. The highest BCUT2D eigenvalue weighted by Gasteiger charge is 2.44. The second kappa shape index (κ2) is 4.14. The van der Waals surface area contributed by atoms with Gasteiger partial charge in [0.25, 0.3) is 0 Å². The lowest BCUT2D eigenvalue weighted by atomic mass is 9.94. The summed E-state index contributed by atoms with van der Waals surface area (Å²) in [6.07, 6.45) is 3.49. The summed E-state index contributed by atoms with van der Waals surface area (Å²) in [6.45, 7) is 0. The minimum Gasteiger partial charge on any atom is -0.452 e. The maximum absolute atomic E-state index is 12.0. The second-order valence-electron chi connectivity index (χ2n) is 4.82. The van der Waals surface area contributed by atoms with Crippen LogP contribution in [0.1, 0.15) is 37.5 Å². The number of carbonyl (C=O) groups excluding carboxylic acids is 1. The van der Waals surface area contributed by atoms with E-state index in [1.165, 1.54) is 0 Å². The number of carbonyl (C=O) groups is 1. The molecule has 17 heavy (non-hydrogen) atoms. The van der Waals surface area contributed by atoms with Crippen molar-refractivity contribution in [1.82, 2.24) is 4.90 Å². The fourth-order valence-corrected chi connectivity index (χ4v) is 2.88. The molecule has 2 aliphatic rings. The zero-order chi connectivity index (χ0) is 12.0. The van der Waals surface area contributed by atoms with Gasteiger partial charge >= 0.3 is 0 Å². The highest BCUT2D eigenvalue weighted by molar-refractivity contribution is 9.10. The van der Waals surface area contributed by atoms with Gasteiger partial charge in [0.15, 0.2) is 4.67 Å². The molecule has 1 amide bonds. The van der Waals surface area contributed by atoms with Crippen LogP contribution in [0.25, 0.3) is 0 Å². The number of rotatable bonds is 2. The third-order valence-electron chi connectivity index (χ3n) is 3.51. The van der Waals surface area contributed by atoms with Gasteiger partial charge in [0, 0.05) is 18.5 Å². The smallest absolute Gasteiger partial charge is 0.223 e. The van der Waals surface area contributed by atoms with Gasteiger partial charge in [-0.15, -0.1) is 0 Å². The summed E-state index contributed by atoms with van der Waals surface area (Å²) in [4.78, 5) is 14.0. The van der Waals surface area contributed by atoms with E-state index in [4.69, 9.17) is 10.2 Å². The minimum atomic E-state index is -0.0879. The van der Waals surface area contributed by atoms with E-state index in [1.54, 1.807) is 0 Å². The van der Waals surface area contributed by atoms with Gasteiger partial charge < -0.3 is 15.1 Å². The molecule has 2 atom stereocenters. The molecular weight excluding hydrogens is 284 g/mol. The Morgan fingerprint density at radius 2 is 2.12 bits per heavy atom. The number of likely N-dealkylation sites (tertiary alicyclic amines) is 1. The molecule has 1 aliphatic carbocycles.